The molecule has 0 radical (unpaired) electrons. The van der Waals surface area contributed by atoms with Gasteiger partial charge in [0.2, 0.25) is 0 Å². The van der Waals surface area contributed by atoms with Crippen molar-refractivity contribution in [1.82, 2.24) is 9.78 Å². The van der Waals surface area contributed by atoms with Gasteiger partial charge in [0.25, 0.3) is 5.91 Å². The SMILES string of the molecule is O=C(Nc1nn(Cc2ccccc2Cl)cc1Cl)c1sc2ccccc2c1Cl. The van der Waals surface area contributed by atoms with Crippen LogP contribution in [0.4, 0.5) is 5.82 Å². The van der Waals surface area contributed by atoms with E-state index in [1.165, 1.54) is 11.3 Å². The lowest BCUT2D eigenvalue weighted by molar-refractivity contribution is 0.103. The van der Waals surface area contributed by atoms with Gasteiger partial charge in [0.1, 0.15) is 9.90 Å². The third-order valence-electron chi connectivity index (χ3n) is 3.98. The third-order valence-corrected chi connectivity index (χ3v) is 6.30. The van der Waals surface area contributed by atoms with Crippen LogP contribution in [0, 0.1) is 0 Å². The number of rotatable bonds is 4. The van der Waals surface area contributed by atoms with Crippen LogP contribution < -0.4 is 5.32 Å². The van der Waals surface area contributed by atoms with Gasteiger partial charge in [0.15, 0.2) is 5.82 Å². The van der Waals surface area contributed by atoms with Crippen molar-refractivity contribution in [3.05, 3.63) is 80.2 Å². The number of hydrogen-bond acceptors (Lipinski definition) is 3. The molecule has 0 atom stereocenters. The molecule has 0 saturated carbocycles. The van der Waals surface area contributed by atoms with E-state index < -0.39 is 0 Å². The Balaban J connectivity index is 1.57. The van der Waals surface area contributed by atoms with Crippen molar-refractivity contribution >= 4 is 68.0 Å². The Morgan fingerprint density at radius 1 is 1.04 bits per heavy atom. The monoisotopic (exact) mass is 435 g/mol. The van der Waals surface area contributed by atoms with Crippen LogP contribution in [0.1, 0.15) is 15.2 Å². The number of nitrogens with zero attached hydrogens (tertiary/aromatic N) is 2. The summed E-state index contributed by atoms with van der Waals surface area (Å²) in [6.07, 6.45) is 1.65. The number of amides is 1. The molecule has 8 heteroatoms. The molecule has 136 valence electrons. The molecule has 2 aromatic heterocycles. The highest BCUT2D eigenvalue weighted by Gasteiger charge is 2.19. The van der Waals surface area contributed by atoms with Crippen molar-refractivity contribution < 1.29 is 4.79 Å². The lowest BCUT2D eigenvalue weighted by Gasteiger charge is -2.04. The Morgan fingerprint density at radius 3 is 2.56 bits per heavy atom. The fourth-order valence-electron chi connectivity index (χ4n) is 2.69. The molecule has 0 unspecified atom stereocenters. The van der Waals surface area contributed by atoms with Crippen LogP contribution in [-0.2, 0) is 6.54 Å². The van der Waals surface area contributed by atoms with E-state index in [2.05, 4.69) is 10.4 Å². The summed E-state index contributed by atoms with van der Waals surface area (Å²) < 4.78 is 2.58. The minimum absolute atomic E-state index is 0.280. The first-order chi connectivity index (χ1) is 13.0. The molecule has 0 aliphatic rings. The zero-order valence-corrected chi connectivity index (χ0v) is 16.8. The van der Waals surface area contributed by atoms with Crippen LogP contribution >= 0.6 is 46.1 Å². The molecule has 0 aliphatic carbocycles. The number of fused-ring (bicyclic) bond motifs is 1. The highest BCUT2D eigenvalue weighted by atomic mass is 35.5. The highest BCUT2D eigenvalue weighted by Crippen LogP contribution is 2.35. The van der Waals surface area contributed by atoms with E-state index in [9.17, 15) is 4.79 Å². The van der Waals surface area contributed by atoms with E-state index in [-0.39, 0.29) is 11.7 Å². The van der Waals surface area contributed by atoms with Gasteiger partial charge in [-0.05, 0) is 17.7 Å². The molecule has 0 spiro atoms. The Morgan fingerprint density at radius 2 is 1.78 bits per heavy atom. The first-order valence-electron chi connectivity index (χ1n) is 7.97. The lowest BCUT2D eigenvalue weighted by atomic mass is 10.2. The molecular weight excluding hydrogens is 425 g/mol. The predicted octanol–water partition coefficient (Wildman–Crippen LogP) is 6.36. The molecular formula is C19H12Cl3N3OS. The summed E-state index contributed by atoms with van der Waals surface area (Å²) in [5.41, 5.74) is 0.906. The largest absolute Gasteiger partial charge is 0.303 e. The van der Waals surface area contributed by atoms with E-state index in [4.69, 9.17) is 34.8 Å². The number of anilines is 1. The molecule has 1 amide bonds. The number of aromatic nitrogens is 2. The van der Waals surface area contributed by atoms with Crippen LogP contribution in [0.25, 0.3) is 10.1 Å². The van der Waals surface area contributed by atoms with E-state index in [1.54, 1.807) is 10.9 Å². The Labute approximate surface area is 174 Å². The summed E-state index contributed by atoms with van der Waals surface area (Å²) in [6.45, 7) is 0.443. The predicted molar refractivity (Wildman–Crippen MR) is 113 cm³/mol. The highest BCUT2D eigenvalue weighted by molar-refractivity contribution is 7.21. The van der Waals surface area contributed by atoms with Crippen molar-refractivity contribution in [2.75, 3.05) is 5.32 Å². The smallest absolute Gasteiger partial charge is 0.268 e. The maximum Gasteiger partial charge on any atom is 0.268 e. The molecule has 0 bridgehead atoms. The summed E-state index contributed by atoms with van der Waals surface area (Å²) in [7, 11) is 0. The van der Waals surface area contributed by atoms with Gasteiger partial charge in [-0.1, -0.05) is 71.2 Å². The number of hydrogen-bond donors (Lipinski definition) is 1. The fraction of sp³-hybridized carbons (Fsp3) is 0.0526. The zero-order chi connectivity index (χ0) is 19.0. The van der Waals surface area contributed by atoms with Crippen molar-refractivity contribution in [3.8, 4) is 0 Å². The summed E-state index contributed by atoms with van der Waals surface area (Å²) in [5, 5.41) is 9.36. The molecule has 0 fully saturated rings. The quantitative estimate of drug-likeness (QED) is 0.404. The maximum absolute atomic E-state index is 12.7. The second kappa shape index (κ2) is 7.52. The van der Waals surface area contributed by atoms with E-state index >= 15 is 0 Å². The first kappa shape index (κ1) is 18.3. The van der Waals surface area contributed by atoms with Gasteiger partial charge in [-0.3, -0.25) is 9.48 Å². The maximum atomic E-state index is 12.7. The summed E-state index contributed by atoms with van der Waals surface area (Å²) >= 11 is 20.1. The van der Waals surface area contributed by atoms with Crippen LogP contribution in [0.5, 0.6) is 0 Å². The van der Waals surface area contributed by atoms with Gasteiger partial charge in [-0.2, -0.15) is 5.10 Å². The molecule has 1 N–H and O–H groups in total. The molecule has 4 rings (SSSR count). The number of nitrogens with one attached hydrogen (secondary N) is 1. The zero-order valence-electron chi connectivity index (χ0n) is 13.7. The van der Waals surface area contributed by atoms with Crippen LogP contribution in [0.15, 0.2) is 54.7 Å². The second-order valence-corrected chi connectivity index (χ2v) is 8.05. The Bertz CT molecular complexity index is 1150. The molecule has 2 aromatic carbocycles. The van der Waals surface area contributed by atoms with Crippen molar-refractivity contribution in [1.29, 1.82) is 0 Å². The lowest BCUT2D eigenvalue weighted by Crippen LogP contribution is -2.12. The van der Waals surface area contributed by atoms with Crippen molar-refractivity contribution in [2.45, 2.75) is 6.54 Å². The van der Waals surface area contributed by atoms with Gasteiger partial charge in [0, 0.05) is 21.3 Å². The number of thiophene rings is 1. The van der Waals surface area contributed by atoms with E-state index in [0.717, 1.165) is 15.6 Å². The average molecular weight is 437 g/mol. The molecule has 27 heavy (non-hydrogen) atoms. The number of carbonyl (C=O) groups excluding carboxylic acids is 1. The van der Waals surface area contributed by atoms with Crippen LogP contribution in [0.3, 0.4) is 0 Å². The van der Waals surface area contributed by atoms with Crippen LogP contribution in [0.2, 0.25) is 15.1 Å². The van der Waals surface area contributed by atoms with E-state index in [1.807, 2.05) is 48.5 Å². The number of halogens is 3. The van der Waals surface area contributed by atoms with Gasteiger partial charge in [-0.15, -0.1) is 11.3 Å². The summed E-state index contributed by atoms with van der Waals surface area (Å²) in [4.78, 5) is 13.1. The summed E-state index contributed by atoms with van der Waals surface area (Å²) in [5.74, 6) is -0.0617. The second-order valence-electron chi connectivity index (χ2n) is 5.81. The topological polar surface area (TPSA) is 46.9 Å². The van der Waals surface area contributed by atoms with Gasteiger partial charge in [0.05, 0.1) is 11.6 Å². The van der Waals surface area contributed by atoms with Crippen molar-refractivity contribution in [3.63, 3.8) is 0 Å². The first-order valence-corrected chi connectivity index (χ1v) is 9.92. The molecule has 4 nitrogen and oxygen atoms in total. The summed E-state index contributed by atoms with van der Waals surface area (Å²) in [6, 6.07) is 15.1. The molecule has 0 saturated heterocycles. The minimum atomic E-state index is -0.342. The van der Waals surface area contributed by atoms with E-state index in [0.29, 0.717) is 26.5 Å². The minimum Gasteiger partial charge on any atom is -0.303 e. The van der Waals surface area contributed by atoms with Crippen LogP contribution in [-0.4, -0.2) is 15.7 Å². The van der Waals surface area contributed by atoms with Crippen molar-refractivity contribution in [2.24, 2.45) is 0 Å². The molecule has 0 aliphatic heterocycles. The number of benzene rings is 2. The Kier molecular flexibility index (Phi) is 5.10. The molecule has 4 aromatic rings. The number of carbonyl (C=O) groups is 1. The van der Waals surface area contributed by atoms with Gasteiger partial charge in [-0.25, -0.2) is 0 Å². The molecule has 2 heterocycles. The standard InChI is InChI=1S/C19H12Cl3N3OS/c20-13-7-3-1-5-11(13)9-25-10-14(21)18(24-25)23-19(26)17-16(22)12-6-2-4-8-15(12)27-17/h1-8,10H,9H2,(H,23,24,26). The van der Waals surface area contributed by atoms with Gasteiger partial charge >= 0.3 is 0 Å². The average Bonchev–Trinajstić information content (AvgIpc) is 3.17. The fourth-order valence-corrected chi connectivity index (χ4v) is 4.49. The Hall–Kier alpha value is -2.05. The normalized spacial score (nSPS) is 11.1. The van der Waals surface area contributed by atoms with Gasteiger partial charge < -0.3 is 5.32 Å². The third kappa shape index (κ3) is 3.69.